The van der Waals surface area contributed by atoms with Crippen molar-refractivity contribution in [3.63, 3.8) is 0 Å². The van der Waals surface area contributed by atoms with E-state index in [4.69, 9.17) is 0 Å². The second-order valence-electron chi connectivity index (χ2n) is 3.68. The Kier molecular flexibility index (Phi) is 3.62. The van der Waals surface area contributed by atoms with E-state index in [0.29, 0.717) is 0 Å². The molecule has 0 aliphatic heterocycles. The van der Waals surface area contributed by atoms with Crippen LogP contribution in [0.25, 0.3) is 11.1 Å². The first-order chi connectivity index (χ1) is 7.90. The van der Waals surface area contributed by atoms with Crippen LogP contribution in [0.3, 0.4) is 0 Å². The van der Waals surface area contributed by atoms with Crippen molar-refractivity contribution in [2.45, 2.75) is 6.42 Å². The third-order valence-electron chi connectivity index (χ3n) is 2.48. The summed E-state index contributed by atoms with van der Waals surface area (Å²) in [6, 6.07) is 8.50. The van der Waals surface area contributed by atoms with Crippen molar-refractivity contribution < 1.29 is 0 Å². The summed E-state index contributed by atoms with van der Waals surface area (Å²) >= 11 is 0. The maximum absolute atomic E-state index is 4.03. The predicted octanol–water partition coefficient (Wildman–Crippen LogP) is 1.91. The van der Waals surface area contributed by atoms with E-state index in [1.54, 1.807) is 6.33 Å². The molecule has 0 saturated heterocycles. The largest absolute Gasteiger partial charge is 0.319 e. The van der Waals surface area contributed by atoms with Crippen LogP contribution in [0.15, 0.2) is 43.0 Å². The molecule has 0 unspecified atom stereocenters. The van der Waals surface area contributed by atoms with E-state index in [-0.39, 0.29) is 0 Å². The molecular formula is C13H15N3. The quantitative estimate of drug-likeness (QED) is 0.843. The standard InChI is InChI=1S/C13H15N3/c1-14-6-5-11-3-2-4-12(7-11)13-8-15-10-16-9-13/h2-4,7-10,14H,5-6H2,1H3. The molecular weight excluding hydrogens is 198 g/mol. The maximum Gasteiger partial charge on any atom is 0.115 e. The summed E-state index contributed by atoms with van der Waals surface area (Å²) in [5, 5.41) is 3.15. The highest BCUT2D eigenvalue weighted by Crippen LogP contribution is 2.18. The van der Waals surface area contributed by atoms with Crippen LogP contribution in [-0.2, 0) is 6.42 Å². The number of hydrogen-bond acceptors (Lipinski definition) is 3. The molecule has 0 atom stereocenters. The maximum atomic E-state index is 4.03. The number of likely N-dealkylation sites (N-methyl/N-ethyl adjacent to an activating group) is 1. The highest BCUT2D eigenvalue weighted by Gasteiger charge is 1.99. The zero-order chi connectivity index (χ0) is 11.2. The van der Waals surface area contributed by atoms with Crippen LogP contribution in [0.1, 0.15) is 5.56 Å². The van der Waals surface area contributed by atoms with Crippen molar-refractivity contribution in [3.8, 4) is 11.1 Å². The molecule has 0 saturated carbocycles. The third kappa shape index (κ3) is 2.64. The molecule has 0 aliphatic rings. The lowest BCUT2D eigenvalue weighted by Crippen LogP contribution is -2.10. The smallest absolute Gasteiger partial charge is 0.115 e. The van der Waals surface area contributed by atoms with Gasteiger partial charge in [-0.05, 0) is 31.1 Å². The van der Waals surface area contributed by atoms with Gasteiger partial charge >= 0.3 is 0 Å². The van der Waals surface area contributed by atoms with Gasteiger partial charge in [-0.3, -0.25) is 0 Å². The van der Waals surface area contributed by atoms with E-state index in [1.165, 1.54) is 11.1 Å². The van der Waals surface area contributed by atoms with Gasteiger partial charge in [0.2, 0.25) is 0 Å². The van der Waals surface area contributed by atoms with Gasteiger partial charge in [0.1, 0.15) is 6.33 Å². The number of benzene rings is 1. The van der Waals surface area contributed by atoms with Crippen molar-refractivity contribution >= 4 is 0 Å². The van der Waals surface area contributed by atoms with Gasteiger partial charge in [0.05, 0.1) is 0 Å². The van der Waals surface area contributed by atoms with Gasteiger partial charge < -0.3 is 5.32 Å². The molecule has 0 fully saturated rings. The highest BCUT2D eigenvalue weighted by atomic mass is 14.8. The van der Waals surface area contributed by atoms with Crippen molar-refractivity contribution in [1.29, 1.82) is 0 Å². The molecule has 3 nitrogen and oxygen atoms in total. The molecule has 2 aromatic rings. The second-order valence-corrected chi connectivity index (χ2v) is 3.68. The van der Waals surface area contributed by atoms with Gasteiger partial charge in [-0.2, -0.15) is 0 Å². The Bertz CT molecular complexity index is 440. The van der Waals surface area contributed by atoms with E-state index in [0.717, 1.165) is 18.5 Å². The average Bonchev–Trinajstić information content (AvgIpc) is 2.38. The monoisotopic (exact) mass is 213 g/mol. The zero-order valence-electron chi connectivity index (χ0n) is 9.35. The Hall–Kier alpha value is -1.74. The molecule has 0 radical (unpaired) electrons. The lowest BCUT2D eigenvalue weighted by atomic mass is 10.0. The summed E-state index contributed by atoms with van der Waals surface area (Å²) in [7, 11) is 1.97. The van der Waals surface area contributed by atoms with E-state index in [1.807, 2.05) is 19.4 Å². The number of nitrogens with one attached hydrogen (secondary N) is 1. The lowest BCUT2D eigenvalue weighted by molar-refractivity contribution is 0.792. The van der Waals surface area contributed by atoms with Crippen molar-refractivity contribution in [2.75, 3.05) is 13.6 Å². The fraction of sp³-hybridized carbons (Fsp3) is 0.231. The Balaban J connectivity index is 2.22. The molecule has 0 bridgehead atoms. The Labute approximate surface area is 95.6 Å². The molecule has 0 aliphatic carbocycles. The van der Waals surface area contributed by atoms with E-state index in [2.05, 4.69) is 39.6 Å². The van der Waals surface area contributed by atoms with E-state index in [9.17, 15) is 0 Å². The van der Waals surface area contributed by atoms with E-state index < -0.39 is 0 Å². The highest BCUT2D eigenvalue weighted by molar-refractivity contribution is 5.62. The Morgan fingerprint density at radius 1 is 1.12 bits per heavy atom. The number of nitrogens with zero attached hydrogens (tertiary/aromatic N) is 2. The first-order valence-corrected chi connectivity index (χ1v) is 5.39. The normalized spacial score (nSPS) is 10.3. The molecule has 0 amide bonds. The van der Waals surface area contributed by atoms with Crippen molar-refractivity contribution in [2.24, 2.45) is 0 Å². The summed E-state index contributed by atoms with van der Waals surface area (Å²) in [6.07, 6.45) is 6.26. The van der Waals surface area contributed by atoms with Crippen LogP contribution in [0.2, 0.25) is 0 Å². The molecule has 1 aromatic heterocycles. The minimum atomic E-state index is 0.995. The molecule has 1 heterocycles. The number of aromatic nitrogens is 2. The minimum absolute atomic E-state index is 0.995. The Morgan fingerprint density at radius 2 is 1.94 bits per heavy atom. The van der Waals surface area contributed by atoms with Gasteiger partial charge in [-0.25, -0.2) is 9.97 Å². The molecule has 0 spiro atoms. The topological polar surface area (TPSA) is 37.8 Å². The van der Waals surface area contributed by atoms with Crippen LogP contribution in [-0.4, -0.2) is 23.6 Å². The zero-order valence-corrected chi connectivity index (χ0v) is 9.35. The van der Waals surface area contributed by atoms with Crippen LogP contribution in [0.4, 0.5) is 0 Å². The molecule has 1 N–H and O–H groups in total. The van der Waals surface area contributed by atoms with Gasteiger partial charge in [0, 0.05) is 18.0 Å². The Morgan fingerprint density at radius 3 is 2.69 bits per heavy atom. The molecule has 16 heavy (non-hydrogen) atoms. The first kappa shape index (κ1) is 10.8. The SMILES string of the molecule is CNCCc1cccc(-c2cncnc2)c1. The van der Waals surface area contributed by atoms with Crippen molar-refractivity contribution in [1.82, 2.24) is 15.3 Å². The van der Waals surface area contributed by atoms with Crippen LogP contribution >= 0.6 is 0 Å². The summed E-state index contributed by atoms with van der Waals surface area (Å²) in [4.78, 5) is 8.06. The summed E-state index contributed by atoms with van der Waals surface area (Å²) in [5.41, 5.74) is 3.57. The lowest BCUT2D eigenvalue weighted by Gasteiger charge is -2.04. The fourth-order valence-electron chi connectivity index (χ4n) is 1.62. The number of rotatable bonds is 4. The fourth-order valence-corrected chi connectivity index (χ4v) is 1.62. The van der Waals surface area contributed by atoms with Crippen LogP contribution in [0, 0.1) is 0 Å². The summed E-state index contributed by atoms with van der Waals surface area (Å²) in [5.74, 6) is 0. The molecule has 2 rings (SSSR count). The average molecular weight is 213 g/mol. The molecule has 1 aromatic carbocycles. The summed E-state index contributed by atoms with van der Waals surface area (Å²) < 4.78 is 0. The van der Waals surface area contributed by atoms with E-state index >= 15 is 0 Å². The third-order valence-corrected chi connectivity index (χ3v) is 2.48. The summed E-state index contributed by atoms with van der Waals surface area (Å²) in [6.45, 7) is 0.995. The molecule has 82 valence electrons. The van der Waals surface area contributed by atoms with Gasteiger partial charge in [0.15, 0.2) is 0 Å². The van der Waals surface area contributed by atoms with Crippen LogP contribution in [0.5, 0.6) is 0 Å². The van der Waals surface area contributed by atoms with Gasteiger partial charge in [-0.15, -0.1) is 0 Å². The van der Waals surface area contributed by atoms with Gasteiger partial charge in [-0.1, -0.05) is 24.3 Å². The number of hydrogen-bond donors (Lipinski definition) is 1. The van der Waals surface area contributed by atoms with Crippen molar-refractivity contribution in [3.05, 3.63) is 48.5 Å². The minimum Gasteiger partial charge on any atom is -0.319 e. The molecule has 3 heteroatoms. The van der Waals surface area contributed by atoms with Gasteiger partial charge in [0.25, 0.3) is 0 Å². The predicted molar refractivity (Wildman–Crippen MR) is 65.1 cm³/mol. The second kappa shape index (κ2) is 5.37. The first-order valence-electron chi connectivity index (χ1n) is 5.39. The van der Waals surface area contributed by atoms with Crippen LogP contribution < -0.4 is 5.32 Å².